The molecule has 0 heterocycles. The Hall–Kier alpha value is -9.84. The molecule has 0 saturated heterocycles. The molecule has 0 aliphatic carbocycles. The quantitative estimate of drug-likeness (QED) is 0.0292. The highest BCUT2D eigenvalue weighted by molar-refractivity contribution is 5.98. The van der Waals surface area contributed by atoms with E-state index in [1.165, 1.54) is 72.8 Å². The molecular formula is C55H60N8O16. The lowest BCUT2D eigenvalue weighted by atomic mass is 10.0. The van der Waals surface area contributed by atoms with Gasteiger partial charge in [-0.05, 0) is 64.2 Å². The Labute approximate surface area is 451 Å². The molecule has 416 valence electrons. The minimum Gasteiger partial charge on any atom is -0.508 e. The van der Waals surface area contributed by atoms with Crippen LogP contribution in [0.1, 0.15) is 40.7 Å². The summed E-state index contributed by atoms with van der Waals surface area (Å²) in [6.45, 7) is -0.806. The van der Waals surface area contributed by atoms with Gasteiger partial charge in [0.2, 0.25) is 41.4 Å². The predicted molar refractivity (Wildman–Crippen MR) is 280 cm³/mol. The summed E-state index contributed by atoms with van der Waals surface area (Å²) >= 11 is 0. The van der Waals surface area contributed by atoms with Crippen molar-refractivity contribution in [2.45, 2.75) is 87.2 Å². The summed E-state index contributed by atoms with van der Waals surface area (Å²) < 4.78 is 0. The molecular weight excluding hydrogens is 1030 g/mol. The van der Waals surface area contributed by atoms with E-state index in [1.54, 1.807) is 60.7 Å². The first-order valence-corrected chi connectivity index (χ1v) is 24.5. The molecule has 0 fully saturated rings. The van der Waals surface area contributed by atoms with Gasteiger partial charge in [-0.15, -0.1) is 0 Å². The number of benzene rings is 5. The summed E-state index contributed by atoms with van der Waals surface area (Å²) in [5, 5.41) is 75.8. The number of carboxylic acids is 3. The highest BCUT2D eigenvalue weighted by Crippen LogP contribution is 2.16. The number of aromatic hydroxyl groups is 3. The number of phenols is 3. The normalized spacial score (nSPS) is 13.5. The van der Waals surface area contributed by atoms with Crippen molar-refractivity contribution in [3.8, 4) is 17.2 Å². The van der Waals surface area contributed by atoms with Gasteiger partial charge in [-0.2, -0.15) is 0 Å². The van der Waals surface area contributed by atoms with Crippen molar-refractivity contribution in [2.24, 2.45) is 5.73 Å². The second-order valence-corrected chi connectivity index (χ2v) is 18.3. The number of hydrogen-bond acceptors (Lipinski definition) is 14. The van der Waals surface area contributed by atoms with Crippen LogP contribution >= 0.6 is 0 Å². The summed E-state index contributed by atoms with van der Waals surface area (Å²) in [7, 11) is 0. The molecule has 7 unspecified atom stereocenters. The van der Waals surface area contributed by atoms with Crippen LogP contribution in [0.5, 0.6) is 17.2 Å². The number of rotatable bonds is 29. The summed E-state index contributed by atoms with van der Waals surface area (Å²) in [6, 6.07) is 22.0. The van der Waals surface area contributed by atoms with Crippen LogP contribution in [0, 0.1) is 0 Å². The highest BCUT2D eigenvalue weighted by Gasteiger charge is 2.34. The molecule has 0 radical (unpaired) electrons. The Balaban J connectivity index is 1.40. The second kappa shape index (κ2) is 29.5. The Morgan fingerprint density at radius 3 is 1.04 bits per heavy atom. The molecule has 0 saturated carbocycles. The number of carbonyl (C=O) groups excluding carboxylic acids is 7. The van der Waals surface area contributed by atoms with Crippen LogP contribution in [0.25, 0.3) is 0 Å². The lowest BCUT2D eigenvalue weighted by molar-refractivity contribution is -0.143. The van der Waals surface area contributed by atoms with E-state index in [0.717, 1.165) is 0 Å². The fraction of sp³-hybridized carbons (Fsp3) is 0.273. The fourth-order valence-electron chi connectivity index (χ4n) is 7.91. The van der Waals surface area contributed by atoms with Crippen LogP contribution in [0.3, 0.4) is 0 Å². The lowest BCUT2D eigenvalue weighted by Crippen LogP contribution is -2.60. The standard InChI is InChI=1S/C55H60N8O16/c56-39(28-47(68)69)49(72)59-40(24-33-11-17-36(64)18-12-33)50(73)57-30-46(67)58-41(25-34-13-19-37(65)20-14-34)51(74)60-43(26-35-15-21-38(66)22-16-35)52(75)61-42(23-31-7-3-1-4-8-31)53(76)62-44(29-48(70)71)54(77)63-45(55(78)79)27-32-9-5-2-6-10-32/h1-22,39-45,64-66H,23-30,56H2,(H,57,73)(H,58,67)(H,59,72)(H,60,74)(H,61,75)(H,62,76)(H,63,77)(H,68,69)(H,70,71)(H,78,79). The van der Waals surface area contributed by atoms with Crippen LogP contribution < -0.4 is 43.0 Å². The van der Waals surface area contributed by atoms with Gasteiger partial charge in [0.05, 0.1) is 25.4 Å². The predicted octanol–water partition coefficient (Wildman–Crippen LogP) is -0.297. The van der Waals surface area contributed by atoms with Crippen molar-refractivity contribution in [3.63, 3.8) is 0 Å². The van der Waals surface area contributed by atoms with Crippen LogP contribution in [-0.2, 0) is 80.0 Å². The van der Waals surface area contributed by atoms with E-state index < -0.39 is 121 Å². The zero-order chi connectivity index (χ0) is 57.6. The van der Waals surface area contributed by atoms with Crippen molar-refractivity contribution < 1.29 is 78.6 Å². The van der Waals surface area contributed by atoms with E-state index >= 15 is 0 Å². The Kier molecular flexibility index (Phi) is 22.4. The van der Waals surface area contributed by atoms with E-state index in [0.29, 0.717) is 27.8 Å². The lowest BCUT2D eigenvalue weighted by Gasteiger charge is -2.27. The van der Waals surface area contributed by atoms with Crippen LogP contribution in [-0.4, -0.2) is 139 Å². The molecule has 5 rings (SSSR count). The number of phenolic OH excluding ortho intramolecular Hbond substituents is 3. The molecule has 5 aromatic carbocycles. The SMILES string of the molecule is NC(CC(=O)O)C(=O)NC(Cc1ccc(O)cc1)C(=O)NCC(=O)NC(Cc1ccc(O)cc1)C(=O)NC(Cc1ccc(O)cc1)C(=O)NC(Cc1ccccc1)C(=O)NC(CC(=O)O)C(=O)NC(Cc1ccccc1)C(=O)O. The first kappa shape index (κ1) is 60.0. The van der Waals surface area contributed by atoms with Gasteiger partial charge in [0.25, 0.3) is 0 Å². The average molecular weight is 1090 g/mol. The molecule has 79 heavy (non-hydrogen) atoms. The number of nitrogens with two attached hydrogens (primary N) is 1. The van der Waals surface area contributed by atoms with Gasteiger partial charge < -0.3 is 73.6 Å². The van der Waals surface area contributed by atoms with Gasteiger partial charge >= 0.3 is 17.9 Å². The largest absolute Gasteiger partial charge is 0.508 e. The van der Waals surface area contributed by atoms with Gasteiger partial charge in [0.1, 0.15) is 53.5 Å². The maximum atomic E-state index is 14.6. The van der Waals surface area contributed by atoms with E-state index in [1.807, 2.05) is 0 Å². The smallest absolute Gasteiger partial charge is 0.326 e. The van der Waals surface area contributed by atoms with Crippen molar-refractivity contribution in [3.05, 3.63) is 161 Å². The molecule has 24 nitrogen and oxygen atoms in total. The molecule has 7 amide bonds. The summed E-state index contributed by atoms with van der Waals surface area (Å²) in [4.78, 5) is 133. The molecule has 0 aliphatic heterocycles. The van der Waals surface area contributed by atoms with Crippen molar-refractivity contribution in [2.75, 3.05) is 6.54 Å². The Morgan fingerprint density at radius 2 is 0.658 bits per heavy atom. The van der Waals surface area contributed by atoms with Crippen LogP contribution in [0.2, 0.25) is 0 Å². The average Bonchev–Trinajstić information content (AvgIpc) is 3.41. The van der Waals surface area contributed by atoms with Crippen molar-refractivity contribution >= 4 is 59.3 Å². The van der Waals surface area contributed by atoms with Gasteiger partial charge in [0, 0.05) is 32.1 Å². The first-order chi connectivity index (χ1) is 37.6. The first-order valence-electron chi connectivity index (χ1n) is 24.5. The van der Waals surface area contributed by atoms with Gasteiger partial charge in [0.15, 0.2) is 0 Å². The molecule has 7 atom stereocenters. The molecule has 0 aliphatic rings. The number of aliphatic carboxylic acids is 3. The zero-order valence-electron chi connectivity index (χ0n) is 42.2. The number of amides is 7. The Bertz CT molecular complexity index is 2930. The highest BCUT2D eigenvalue weighted by atomic mass is 16.4. The van der Waals surface area contributed by atoms with Crippen molar-refractivity contribution in [1.82, 2.24) is 37.2 Å². The van der Waals surface area contributed by atoms with Crippen LogP contribution in [0.15, 0.2) is 133 Å². The van der Waals surface area contributed by atoms with Crippen LogP contribution in [0.4, 0.5) is 0 Å². The van der Waals surface area contributed by atoms with Gasteiger partial charge in [-0.25, -0.2) is 4.79 Å². The third-order valence-corrected chi connectivity index (χ3v) is 12.0. The number of carboxylic acid groups (broad SMARTS) is 3. The topological polar surface area (TPSA) is 402 Å². The van der Waals surface area contributed by atoms with E-state index in [-0.39, 0.29) is 49.4 Å². The van der Waals surface area contributed by atoms with Gasteiger partial charge in [-0.1, -0.05) is 97.1 Å². The Morgan fingerprint density at radius 1 is 0.354 bits per heavy atom. The van der Waals surface area contributed by atoms with E-state index in [2.05, 4.69) is 37.2 Å². The molecule has 0 bridgehead atoms. The maximum Gasteiger partial charge on any atom is 0.326 e. The number of hydrogen-bond donors (Lipinski definition) is 14. The minimum absolute atomic E-state index is 0.0947. The van der Waals surface area contributed by atoms with E-state index in [9.17, 15) is 73.5 Å². The molecule has 5 aromatic rings. The maximum absolute atomic E-state index is 14.6. The summed E-state index contributed by atoms with van der Waals surface area (Å²) in [5.41, 5.74) is 7.96. The minimum atomic E-state index is -1.86. The fourth-order valence-corrected chi connectivity index (χ4v) is 7.91. The molecule has 15 N–H and O–H groups in total. The van der Waals surface area contributed by atoms with E-state index in [4.69, 9.17) is 10.8 Å². The van der Waals surface area contributed by atoms with Crippen molar-refractivity contribution in [1.29, 1.82) is 0 Å². The zero-order valence-corrected chi connectivity index (χ0v) is 42.2. The van der Waals surface area contributed by atoms with Gasteiger partial charge in [-0.3, -0.25) is 43.2 Å². The monoisotopic (exact) mass is 1090 g/mol. The third-order valence-electron chi connectivity index (χ3n) is 12.0. The summed E-state index contributed by atoms with van der Waals surface area (Å²) in [5.74, 6) is -11.8. The second-order valence-electron chi connectivity index (χ2n) is 18.3. The number of nitrogens with one attached hydrogen (secondary N) is 7. The molecule has 24 heteroatoms. The molecule has 0 spiro atoms. The molecule has 0 aromatic heterocycles. The summed E-state index contributed by atoms with van der Waals surface area (Å²) in [6.07, 6.45) is -3.00. The number of carbonyl (C=O) groups is 10. The third kappa shape index (κ3) is 20.3.